The average molecular weight is 366 g/mol. The molecule has 1 aliphatic rings. The molecule has 0 atom stereocenters. The lowest BCUT2D eigenvalue weighted by Crippen LogP contribution is -2.36. The molecule has 5 heteroatoms. The van der Waals surface area contributed by atoms with Gasteiger partial charge in [-0.1, -0.05) is 90.4 Å². The quantitative estimate of drug-likeness (QED) is 0.283. The Balaban J connectivity index is 1.82. The smallest absolute Gasteiger partial charge is 0.424 e. The highest BCUT2D eigenvalue weighted by atomic mass is 16.6. The first-order valence-electron chi connectivity index (χ1n) is 10.4. The summed E-state index contributed by atoms with van der Waals surface area (Å²) in [5.41, 5.74) is 0. The van der Waals surface area contributed by atoms with E-state index in [0.717, 1.165) is 31.4 Å². The van der Waals surface area contributed by atoms with Crippen molar-refractivity contribution in [2.45, 2.75) is 96.8 Å². The molecule has 148 valence electrons. The molecule has 1 rings (SSSR count). The van der Waals surface area contributed by atoms with Gasteiger partial charge >= 0.3 is 6.09 Å². The van der Waals surface area contributed by atoms with Crippen molar-refractivity contribution in [2.75, 3.05) is 6.61 Å². The van der Waals surface area contributed by atoms with Gasteiger partial charge in [0.25, 0.3) is 11.8 Å². The molecule has 3 amide bonds. The molecule has 0 aromatic rings. The molecule has 5 nitrogen and oxygen atoms in total. The third-order valence-electron chi connectivity index (χ3n) is 4.72. The van der Waals surface area contributed by atoms with Gasteiger partial charge in [0.05, 0.1) is 6.61 Å². The molecule has 0 fully saturated rings. The highest BCUT2D eigenvalue weighted by Gasteiger charge is 2.31. The van der Waals surface area contributed by atoms with Gasteiger partial charge in [-0.3, -0.25) is 9.59 Å². The molecule has 1 heterocycles. The maximum atomic E-state index is 11.6. The fraction of sp³-hybridized carbons (Fsp3) is 0.762. The summed E-state index contributed by atoms with van der Waals surface area (Å²) in [5, 5.41) is 0. The van der Waals surface area contributed by atoms with Crippen LogP contribution < -0.4 is 0 Å². The van der Waals surface area contributed by atoms with Gasteiger partial charge in [-0.2, -0.15) is 4.90 Å². The van der Waals surface area contributed by atoms with E-state index in [1.807, 2.05) is 0 Å². The average Bonchev–Trinajstić information content (AvgIpc) is 2.96. The van der Waals surface area contributed by atoms with Crippen LogP contribution in [0.2, 0.25) is 0 Å². The molecule has 0 N–H and O–H groups in total. The Morgan fingerprint density at radius 1 is 0.731 bits per heavy atom. The van der Waals surface area contributed by atoms with Crippen molar-refractivity contribution >= 4 is 17.9 Å². The maximum Gasteiger partial charge on any atom is 0.424 e. The van der Waals surface area contributed by atoms with Crippen molar-refractivity contribution in [3.63, 3.8) is 0 Å². The third kappa shape index (κ3) is 9.73. The summed E-state index contributed by atoms with van der Waals surface area (Å²) >= 11 is 0. The Bertz CT molecular complexity index is 441. The molecule has 0 bridgehead atoms. The summed E-state index contributed by atoms with van der Waals surface area (Å²) in [6.07, 6.45) is 19.0. The van der Waals surface area contributed by atoms with E-state index in [2.05, 4.69) is 6.92 Å². The Hall–Kier alpha value is -1.65. The van der Waals surface area contributed by atoms with Gasteiger partial charge in [0.15, 0.2) is 0 Å². The van der Waals surface area contributed by atoms with Crippen molar-refractivity contribution < 1.29 is 19.1 Å². The minimum Gasteiger partial charge on any atom is -0.449 e. The SMILES string of the molecule is CCCCCCCCCCCCCCCCOC(=O)N1C(=O)C=CC1=O. The van der Waals surface area contributed by atoms with Crippen molar-refractivity contribution in [3.05, 3.63) is 12.2 Å². The summed E-state index contributed by atoms with van der Waals surface area (Å²) in [4.78, 5) is 34.8. The van der Waals surface area contributed by atoms with Crippen molar-refractivity contribution in [1.82, 2.24) is 4.90 Å². The first-order valence-corrected chi connectivity index (χ1v) is 10.4. The van der Waals surface area contributed by atoms with Crippen LogP contribution in [0.3, 0.4) is 0 Å². The number of imide groups is 3. The van der Waals surface area contributed by atoms with Crippen LogP contribution in [0.1, 0.15) is 96.8 Å². The molecule has 0 unspecified atom stereocenters. The van der Waals surface area contributed by atoms with E-state index in [9.17, 15) is 14.4 Å². The summed E-state index contributed by atoms with van der Waals surface area (Å²) in [6.45, 7) is 2.51. The molecule has 0 saturated carbocycles. The number of unbranched alkanes of at least 4 members (excludes halogenated alkanes) is 13. The number of carbonyl (C=O) groups excluding carboxylic acids is 3. The van der Waals surface area contributed by atoms with E-state index in [0.29, 0.717) is 4.90 Å². The van der Waals surface area contributed by atoms with Crippen LogP contribution in [0.5, 0.6) is 0 Å². The molecule has 0 saturated heterocycles. The highest BCUT2D eigenvalue weighted by molar-refractivity contribution is 6.21. The topological polar surface area (TPSA) is 63.7 Å². The molecule has 0 aliphatic carbocycles. The number of ether oxygens (including phenoxy) is 1. The Kier molecular flexibility index (Phi) is 12.5. The summed E-state index contributed by atoms with van der Waals surface area (Å²) in [7, 11) is 0. The highest BCUT2D eigenvalue weighted by Crippen LogP contribution is 2.13. The molecular formula is C21H35NO4. The minimum atomic E-state index is -0.861. The fourth-order valence-electron chi connectivity index (χ4n) is 3.10. The zero-order valence-corrected chi connectivity index (χ0v) is 16.3. The molecule has 1 aliphatic heterocycles. The number of hydrogen-bond donors (Lipinski definition) is 0. The second kappa shape index (κ2) is 14.5. The zero-order chi connectivity index (χ0) is 19.0. The first kappa shape index (κ1) is 22.4. The minimum absolute atomic E-state index is 0.258. The van der Waals surface area contributed by atoms with Crippen LogP contribution in [0, 0.1) is 0 Å². The molecule has 0 aromatic carbocycles. The summed E-state index contributed by atoms with van der Waals surface area (Å²) in [6, 6.07) is 0. The third-order valence-corrected chi connectivity index (χ3v) is 4.72. The standard InChI is InChI=1S/C21H35NO4/c1-2-3-4-5-6-7-8-9-10-11-12-13-14-15-18-26-21(25)22-19(23)16-17-20(22)24/h16-17H,2-15,18H2,1H3. The van der Waals surface area contributed by atoms with Crippen LogP contribution in [-0.2, 0) is 14.3 Å². The molecule has 0 aromatic heterocycles. The second-order valence-corrected chi connectivity index (χ2v) is 7.06. The van der Waals surface area contributed by atoms with Gasteiger partial charge in [0.2, 0.25) is 0 Å². The molecule has 26 heavy (non-hydrogen) atoms. The number of nitrogens with zero attached hydrogens (tertiary/aromatic N) is 1. The van der Waals surface area contributed by atoms with Crippen molar-refractivity contribution in [2.24, 2.45) is 0 Å². The number of hydrogen-bond acceptors (Lipinski definition) is 4. The fourth-order valence-corrected chi connectivity index (χ4v) is 3.10. The molecule has 0 spiro atoms. The lowest BCUT2D eigenvalue weighted by atomic mass is 10.0. The number of amides is 3. The monoisotopic (exact) mass is 365 g/mol. The largest absolute Gasteiger partial charge is 0.449 e. The van der Waals surface area contributed by atoms with E-state index < -0.39 is 17.9 Å². The second-order valence-electron chi connectivity index (χ2n) is 7.06. The first-order chi connectivity index (χ1) is 12.7. The normalized spacial score (nSPS) is 13.7. The lowest BCUT2D eigenvalue weighted by molar-refractivity contribution is -0.134. The van der Waals surface area contributed by atoms with Crippen LogP contribution in [0.15, 0.2) is 12.2 Å². The van der Waals surface area contributed by atoms with Gasteiger partial charge in [0, 0.05) is 12.2 Å². The van der Waals surface area contributed by atoms with Gasteiger partial charge in [-0.15, -0.1) is 0 Å². The molecule has 0 radical (unpaired) electrons. The van der Waals surface area contributed by atoms with E-state index in [4.69, 9.17) is 4.74 Å². The van der Waals surface area contributed by atoms with E-state index in [1.54, 1.807) is 0 Å². The van der Waals surface area contributed by atoms with Crippen LogP contribution in [0.25, 0.3) is 0 Å². The van der Waals surface area contributed by atoms with Crippen molar-refractivity contribution in [3.8, 4) is 0 Å². The zero-order valence-electron chi connectivity index (χ0n) is 16.3. The number of rotatable bonds is 15. The Labute approximate surface area is 158 Å². The predicted molar refractivity (Wildman–Crippen MR) is 103 cm³/mol. The van der Waals surface area contributed by atoms with Gasteiger partial charge in [-0.25, -0.2) is 4.79 Å². The Morgan fingerprint density at radius 3 is 1.54 bits per heavy atom. The van der Waals surface area contributed by atoms with E-state index in [-0.39, 0.29) is 6.61 Å². The summed E-state index contributed by atoms with van der Waals surface area (Å²) < 4.78 is 4.98. The predicted octanol–water partition coefficient (Wildman–Crippen LogP) is 5.53. The van der Waals surface area contributed by atoms with Crippen LogP contribution >= 0.6 is 0 Å². The van der Waals surface area contributed by atoms with Crippen LogP contribution in [-0.4, -0.2) is 29.4 Å². The van der Waals surface area contributed by atoms with Gasteiger partial charge in [-0.05, 0) is 6.42 Å². The Morgan fingerprint density at radius 2 is 1.12 bits per heavy atom. The van der Waals surface area contributed by atoms with Gasteiger partial charge in [0.1, 0.15) is 0 Å². The lowest BCUT2D eigenvalue weighted by Gasteiger charge is -2.11. The van der Waals surface area contributed by atoms with Crippen LogP contribution in [0.4, 0.5) is 4.79 Å². The molecular weight excluding hydrogens is 330 g/mol. The maximum absolute atomic E-state index is 11.6. The number of carbonyl (C=O) groups is 3. The summed E-state index contributed by atoms with van der Waals surface area (Å²) in [5.74, 6) is -1.25. The van der Waals surface area contributed by atoms with Gasteiger partial charge < -0.3 is 4.74 Å². The van der Waals surface area contributed by atoms with Crippen molar-refractivity contribution in [1.29, 1.82) is 0 Å². The van der Waals surface area contributed by atoms with E-state index in [1.165, 1.54) is 70.6 Å². The van der Waals surface area contributed by atoms with E-state index >= 15 is 0 Å².